The first-order valence-electron chi connectivity index (χ1n) is 8.11. The van der Waals surface area contributed by atoms with Gasteiger partial charge in [-0.15, -0.1) is 0 Å². The molecule has 2 amide bonds. The maximum Gasteiger partial charge on any atom is 0.224 e. The molecule has 1 aliphatic rings. The van der Waals surface area contributed by atoms with E-state index in [1.807, 2.05) is 0 Å². The van der Waals surface area contributed by atoms with E-state index in [0.29, 0.717) is 13.1 Å². The summed E-state index contributed by atoms with van der Waals surface area (Å²) >= 11 is 0. The summed E-state index contributed by atoms with van der Waals surface area (Å²) in [4.78, 5) is 26.7. The van der Waals surface area contributed by atoms with E-state index in [4.69, 9.17) is 0 Å². The number of halogens is 3. The average Bonchev–Trinajstić information content (AvgIpc) is 2.83. The van der Waals surface area contributed by atoms with Crippen molar-refractivity contribution in [3.05, 3.63) is 29.6 Å². The highest BCUT2D eigenvalue weighted by atomic mass is 19.2. The van der Waals surface area contributed by atoms with Crippen LogP contribution in [-0.2, 0) is 9.59 Å². The minimum absolute atomic E-state index is 0.0119. The smallest absolute Gasteiger partial charge is 0.224 e. The quantitative estimate of drug-likeness (QED) is 0.788. The lowest BCUT2D eigenvalue weighted by atomic mass is 10.2. The van der Waals surface area contributed by atoms with Crippen molar-refractivity contribution in [3.63, 3.8) is 0 Å². The highest BCUT2D eigenvalue weighted by molar-refractivity contribution is 5.92. The molecule has 1 aromatic rings. The molecular weight excluding hydrogens is 321 g/mol. The fourth-order valence-electron chi connectivity index (χ4n) is 2.86. The van der Waals surface area contributed by atoms with E-state index in [1.54, 1.807) is 4.90 Å². The van der Waals surface area contributed by atoms with E-state index in [-0.39, 0.29) is 24.6 Å². The van der Waals surface area contributed by atoms with Crippen molar-refractivity contribution < 1.29 is 22.8 Å². The Bertz CT molecular complexity index is 614. The fraction of sp³-hybridized carbons (Fsp3) is 0.529. The van der Waals surface area contributed by atoms with Crippen LogP contribution in [0.1, 0.15) is 39.0 Å². The lowest BCUT2D eigenvalue weighted by Crippen LogP contribution is -2.37. The molecule has 2 rings (SSSR count). The average molecular weight is 342 g/mol. The van der Waals surface area contributed by atoms with Crippen molar-refractivity contribution in [2.75, 3.05) is 24.5 Å². The predicted molar refractivity (Wildman–Crippen MR) is 84.0 cm³/mol. The molecule has 0 aliphatic carbocycles. The Morgan fingerprint density at radius 2 is 1.67 bits per heavy atom. The zero-order chi connectivity index (χ0) is 17.7. The van der Waals surface area contributed by atoms with E-state index >= 15 is 0 Å². The van der Waals surface area contributed by atoms with E-state index < -0.39 is 23.4 Å². The Hall–Kier alpha value is -2.05. The van der Waals surface area contributed by atoms with Crippen LogP contribution < -0.4 is 4.90 Å². The third kappa shape index (κ3) is 4.27. The number of rotatable bonds is 4. The highest BCUT2D eigenvalue weighted by Gasteiger charge is 2.23. The molecule has 0 spiro atoms. The maximum atomic E-state index is 13.9. The SMILES string of the molecule is CC(=O)N(CCC(=O)N1CCCCCC1)c1ccc(F)c(F)c1F. The summed E-state index contributed by atoms with van der Waals surface area (Å²) in [5, 5.41) is 0. The summed E-state index contributed by atoms with van der Waals surface area (Å²) in [5.41, 5.74) is -0.356. The van der Waals surface area contributed by atoms with Gasteiger partial charge in [-0.05, 0) is 25.0 Å². The number of carbonyl (C=O) groups excluding carboxylic acids is 2. The summed E-state index contributed by atoms with van der Waals surface area (Å²) < 4.78 is 40.3. The molecule has 0 saturated carbocycles. The molecule has 24 heavy (non-hydrogen) atoms. The normalized spacial score (nSPS) is 15.1. The number of carbonyl (C=O) groups is 2. The Balaban J connectivity index is 2.08. The molecule has 1 aromatic carbocycles. The van der Waals surface area contributed by atoms with Crippen LogP contribution in [0.3, 0.4) is 0 Å². The van der Waals surface area contributed by atoms with Crippen molar-refractivity contribution in [1.82, 2.24) is 4.90 Å². The number of nitrogens with zero attached hydrogens (tertiary/aromatic N) is 2. The second kappa shape index (κ2) is 8.17. The topological polar surface area (TPSA) is 40.6 Å². The molecule has 4 nitrogen and oxygen atoms in total. The van der Waals surface area contributed by atoms with Gasteiger partial charge in [0, 0.05) is 33.0 Å². The molecule has 0 atom stereocenters. The largest absolute Gasteiger partial charge is 0.343 e. The molecular formula is C17H21F3N2O2. The third-order valence-electron chi connectivity index (χ3n) is 4.19. The van der Waals surface area contributed by atoms with Crippen LogP contribution in [0.5, 0.6) is 0 Å². The Labute approximate surface area is 139 Å². The second-order valence-corrected chi connectivity index (χ2v) is 5.91. The zero-order valence-corrected chi connectivity index (χ0v) is 13.7. The highest BCUT2D eigenvalue weighted by Crippen LogP contribution is 2.24. The van der Waals surface area contributed by atoms with Gasteiger partial charge in [-0.2, -0.15) is 0 Å². The predicted octanol–water partition coefficient (Wildman–Crippen LogP) is 3.25. The summed E-state index contributed by atoms with van der Waals surface area (Å²) in [6.45, 7) is 2.47. The molecule has 0 radical (unpaired) electrons. The van der Waals surface area contributed by atoms with Gasteiger partial charge in [-0.3, -0.25) is 9.59 Å². The van der Waals surface area contributed by atoms with Gasteiger partial charge in [0.05, 0.1) is 5.69 Å². The van der Waals surface area contributed by atoms with Crippen molar-refractivity contribution >= 4 is 17.5 Å². The number of hydrogen-bond acceptors (Lipinski definition) is 2. The van der Waals surface area contributed by atoms with Crippen LogP contribution in [0.15, 0.2) is 12.1 Å². The van der Waals surface area contributed by atoms with Crippen LogP contribution in [0, 0.1) is 17.5 Å². The number of amides is 2. The van der Waals surface area contributed by atoms with E-state index in [1.165, 1.54) is 6.92 Å². The molecule has 132 valence electrons. The minimum Gasteiger partial charge on any atom is -0.343 e. The molecule has 0 unspecified atom stereocenters. The maximum absolute atomic E-state index is 13.9. The van der Waals surface area contributed by atoms with Gasteiger partial charge in [0.1, 0.15) is 0 Å². The summed E-state index contributed by atoms with van der Waals surface area (Å²) in [6, 6.07) is 1.77. The van der Waals surface area contributed by atoms with Crippen LogP contribution in [0.2, 0.25) is 0 Å². The summed E-state index contributed by atoms with van der Waals surface area (Å²) in [5.74, 6) is -5.03. The van der Waals surface area contributed by atoms with Crippen molar-refractivity contribution in [2.24, 2.45) is 0 Å². The summed E-state index contributed by atoms with van der Waals surface area (Å²) in [6.07, 6.45) is 4.07. The van der Waals surface area contributed by atoms with Crippen molar-refractivity contribution in [3.8, 4) is 0 Å². The molecule has 0 aromatic heterocycles. The van der Waals surface area contributed by atoms with Gasteiger partial charge >= 0.3 is 0 Å². The molecule has 1 fully saturated rings. The molecule has 1 saturated heterocycles. The molecule has 1 heterocycles. The molecule has 7 heteroatoms. The van der Waals surface area contributed by atoms with Crippen molar-refractivity contribution in [2.45, 2.75) is 39.0 Å². The Kier molecular flexibility index (Phi) is 6.23. The van der Waals surface area contributed by atoms with Crippen LogP contribution >= 0.6 is 0 Å². The number of anilines is 1. The molecule has 1 aliphatic heterocycles. The van der Waals surface area contributed by atoms with Crippen LogP contribution in [0.4, 0.5) is 18.9 Å². The van der Waals surface area contributed by atoms with Gasteiger partial charge in [0.15, 0.2) is 17.5 Å². The van der Waals surface area contributed by atoms with Crippen LogP contribution in [0.25, 0.3) is 0 Å². The van der Waals surface area contributed by atoms with Crippen molar-refractivity contribution in [1.29, 1.82) is 0 Å². The van der Waals surface area contributed by atoms with Gasteiger partial charge in [0.2, 0.25) is 11.8 Å². The van der Waals surface area contributed by atoms with Gasteiger partial charge in [-0.1, -0.05) is 12.8 Å². The van der Waals surface area contributed by atoms with Gasteiger partial charge in [-0.25, -0.2) is 13.2 Å². The number of benzene rings is 1. The van der Waals surface area contributed by atoms with Gasteiger partial charge < -0.3 is 9.80 Å². The summed E-state index contributed by atoms with van der Waals surface area (Å²) in [7, 11) is 0. The standard InChI is InChI=1S/C17H21F3N2O2/c1-12(23)22(14-7-6-13(18)16(19)17(14)20)11-8-15(24)21-9-4-2-3-5-10-21/h6-7H,2-5,8-11H2,1H3. The lowest BCUT2D eigenvalue weighted by Gasteiger charge is -2.25. The molecule has 0 N–H and O–H groups in total. The minimum atomic E-state index is -1.63. The van der Waals surface area contributed by atoms with E-state index in [0.717, 1.165) is 42.7 Å². The Morgan fingerprint density at radius 3 is 2.25 bits per heavy atom. The number of likely N-dealkylation sites (tertiary alicyclic amines) is 1. The van der Waals surface area contributed by atoms with Crippen LogP contribution in [-0.4, -0.2) is 36.3 Å². The third-order valence-corrected chi connectivity index (χ3v) is 4.19. The van der Waals surface area contributed by atoms with Gasteiger partial charge in [0.25, 0.3) is 0 Å². The Morgan fingerprint density at radius 1 is 1.04 bits per heavy atom. The van der Waals surface area contributed by atoms with E-state index in [9.17, 15) is 22.8 Å². The lowest BCUT2D eigenvalue weighted by molar-refractivity contribution is -0.131. The monoisotopic (exact) mass is 342 g/mol. The zero-order valence-electron chi connectivity index (χ0n) is 13.7. The molecule has 0 bridgehead atoms. The first-order valence-corrected chi connectivity index (χ1v) is 8.11. The second-order valence-electron chi connectivity index (χ2n) is 5.91. The number of hydrogen-bond donors (Lipinski definition) is 0. The fourth-order valence-corrected chi connectivity index (χ4v) is 2.86. The first-order chi connectivity index (χ1) is 11.4. The first kappa shape index (κ1) is 18.3. The van der Waals surface area contributed by atoms with E-state index in [2.05, 4.69) is 0 Å².